The van der Waals surface area contributed by atoms with Crippen LogP contribution in [0.15, 0.2) is 48.5 Å². The molecule has 126 valence electrons. The molecular formula is C19H20O5. The van der Waals surface area contributed by atoms with Gasteiger partial charge in [-0.15, -0.1) is 0 Å². The largest absolute Gasteiger partial charge is 0.465 e. The average molecular weight is 328 g/mol. The quantitative estimate of drug-likeness (QED) is 0.806. The van der Waals surface area contributed by atoms with E-state index in [9.17, 15) is 4.79 Å². The lowest BCUT2D eigenvalue weighted by molar-refractivity contribution is -0.119. The molecule has 0 bridgehead atoms. The first-order valence-corrected chi connectivity index (χ1v) is 7.69. The molecule has 0 fully saturated rings. The zero-order valence-electron chi connectivity index (χ0n) is 13.9. The Labute approximate surface area is 141 Å². The van der Waals surface area contributed by atoms with Crippen LogP contribution < -0.4 is 4.74 Å². The van der Waals surface area contributed by atoms with E-state index < -0.39 is 12.3 Å². The smallest absolute Gasteiger partial charge is 0.337 e. The van der Waals surface area contributed by atoms with Crippen molar-refractivity contribution >= 4 is 5.97 Å². The number of benzene rings is 2. The minimum atomic E-state index is -0.478. The summed E-state index contributed by atoms with van der Waals surface area (Å²) in [6.07, 6.45) is -0.778. The Balaban J connectivity index is 2.08. The van der Waals surface area contributed by atoms with Gasteiger partial charge in [0.15, 0.2) is 0 Å². The summed E-state index contributed by atoms with van der Waals surface area (Å²) < 4.78 is 22.1. The second-order valence-electron chi connectivity index (χ2n) is 5.56. The fraction of sp³-hybridized carbons (Fsp3) is 0.316. The van der Waals surface area contributed by atoms with Crippen molar-refractivity contribution in [2.24, 2.45) is 0 Å². The lowest BCUT2D eigenvalue weighted by Crippen LogP contribution is -2.36. The summed E-state index contributed by atoms with van der Waals surface area (Å²) in [6.45, 7) is 0. The van der Waals surface area contributed by atoms with E-state index in [0.29, 0.717) is 11.3 Å². The molecule has 3 rings (SSSR count). The van der Waals surface area contributed by atoms with Gasteiger partial charge in [-0.3, -0.25) is 0 Å². The summed E-state index contributed by atoms with van der Waals surface area (Å²) in [5.74, 6) is 0.105. The van der Waals surface area contributed by atoms with Crippen LogP contribution >= 0.6 is 0 Å². The first kappa shape index (κ1) is 16.5. The molecule has 0 aliphatic carbocycles. The molecule has 5 heteroatoms. The molecule has 0 saturated heterocycles. The van der Waals surface area contributed by atoms with E-state index in [-0.39, 0.29) is 12.0 Å². The van der Waals surface area contributed by atoms with Crippen molar-refractivity contribution in [1.82, 2.24) is 0 Å². The first-order chi connectivity index (χ1) is 11.7. The number of methoxy groups -OCH3 is 3. The second-order valence-corrected chi connectivity index (χ2v) is 5.56. The van der Waals surface area contributed by atoms with Gasteiger partial charge in [0.1, 0.15) is 5.75 Å². The molecule has 24 heavy (non-hydrogen) atoms. The van der Waals surface area contributed by atoms with Gasteiger partial charge in [-0.2, -0.15) is 0 Å². The first-order valence-electron chi connectivity index (χ1n) is 7.69. The maximum Gasteiger partial charge on any atom is 0.337 e. The monoisotopic (exact) mass is 328 g/mol. The standard InChI is InChI=1S/C19H20O5/c1-21-17-14-11-13(18(20)22-2)9-10-15(14)24-19(23-3)16(17)12-7-5-4-6-8-12/h4-11,16-17,19H,1-3H3/t16-,17-,19-/m1/s1. The van der Waals surface area contributed by atoms with Crippen molar-refractivity contribution in [2.45, 2.75) is 18.3 Å². The van der Waals surface area contributed by atoms with Crippen molar-refractivity contribution in [3.63, 3.8) is 0 Å². The maximum atomic E-state index is 11.8. The fourth-order valence-corrected chi connectivity index (χ4v) is 3.13. The Morgan fingerprint density at radius 2 is 1.75 bits per heavy atom. The second kappa shape index (κ2) is 7.03. The van der Waals surface area contributed by atoms with E-state index in [2.05, 4.69) is 0 Å². The summed E-state index contributed by atoms with van der Waals surface area (Å²) in [5.41, 5.74) is 2.32. The van der Waals surface area contributed by atoms with E-state index in [1.54, 1.807) is 32.4 Å². The van der Waals surface area contributed by atoms with Crippen molar-refractivity contribution in [3.05, 3.63) is 65.2 Å². The predicted octanol–water partition coefficient (Wildman–Crippen LogP) is 3.31. The Morgan fingerprint density at radius 1 is 1.00 bits per heavy atom. The van der Waals surface area contributed by atoms with Gasteiger partial charge in [0.2, 0.25) is 6.29 Å². The molecule has 2 aromatic rings. The van der Waals surface area contributed by atoms with E-state index >= 15 is 0 Å². The number of rotatable bonds is 4. The highest BCUT2D eigenvalue weighted by Gasteiger charge is 2.40. The van der Waals surface area contributed by atoms with Crippen molar-refractivity contribution in [2.75, 3.05) is 21.3 Å². The Kier molecular flexibility index (Phi) is 4.83. The van der Waals surface area contributed by atoms with Crippen molar-refractivity contribution in [1.29, 1.82) is 0 Å². The average Bonchev–Trinajstić information content (AvgIpc) is 2.65. The Hall–Kier alpha value is -2.37. The molecule has 0 unspecified atom stereocenters. The summed E-state index contributed by atoms with van der Waals surface area (Å²) >= 11 is 0. The highest BCUT2D eigenvalue weighted by molar-refractivity contribution is 5.89. The molecule has 0 aromatic heterocycles. The number of fused-ring (bicyclic) bond motifs is 1. The number of esters is 1. The molecule has 2 aromatic carbocycles. The SMILES string of the molecule is COC(=O)c1ccc2c(c1)[C@@H](OC)[C@@H](c1ccccc1)[C@H](OC)O2. The molecular weight excluding hydrogens is 308 g/mol. The van der Waals surface area contributed by atoms with Gasteiger partial charge in [0.05, 0.1) is 24.7 Å². The minimum absolute atomic E-state index is 0.151. The van der Waals surface area contributed by atoms with Crippen LogP contribution in [0, 0.1) is 0 Å². The fourth-order valence-electron chi connectivity index (χ4n) is 3.13. The van der Waals surface area contributed by atoms with Crippen LogP contribution in [-0.4, -0.2) is 33.6 Å². The molecule has 1 aliphatic rings. The molecule has 0 saturated carbocycles. The van der Waals surface area contributed by atoms with E-state index in [1.165, 1.54) is 7.11 Å². The summed E-state index contributed by atoms with van der Waals surface area (Å²) in [4.78, 5) is 11.8. The predicted molar refractivity (Wildman–Crippen MR) is 88.1 cm³/mol. The normalized spacial score (nSPS) is 22.4. The molecule has 1 heterocycles. The van der Waals surface area contributed by atoms with E-state index in [1.807, 2.05) is 30.3 Å². The molecule has 0 radical (unpaired) electrons. The van der Waals surface area contributed by atoms with Gasteiger partial charge < -0.3 is 18.9 Å². The zero-order valence-corrected chi connectivity index (χ0v) is 13.9. The third kappa shape index (κ3) is 2.88. The summed E-state index contributed by atoms with van der Waals surface area (Å²) in [7, 11) is 4.62. The van der Waals surface area contributed by atoms with Crippen molar-refractivity contribution in [3.8, 4) is 5.75 Å². The zero-order chi connectivity index (χ0) is 17.1. The van der Waals surface area contributed by atoms with E-state index in [4.69, 9.17) is 18.9 Å². The van der Waals surface area contributed by atoms with Crippen LogP contribution in [0.2, 0.25) is 0 Å². The van der Waals surface area contributed by atoms with Gasteiger partial charge in [-0.05, 0) is 23.8 Å². The molecule has 0 N–H and O–H groups in total. The molecule has 1 aliphatic heterocycles. The Bertz CT molecular complexity index is 713. The topological polar surface area (TPSA) is 54.0 Å². The van der Waals surface area contributed by atoms with Gasteiger partial charge in [0.25, 0.3) is 0 Å². The minimum Gasteiger partial charge on any atom is -0.465 e. The van der Waals surface area contributed by atoms with Crippen molar-refractivity contribution < 1.29 is 23.7 Å². The van der Waals surface area contributed by atoms with Gasteiger partial charge in [-0.1, -0.05) is 30.3 Å². The van der Waals surface area contributed by atoms with Gasteiger partial charge in [-0.25, -0.2) is 4.79 Å². The summed E-state index contributed by atoms with van der Waals surface area (Å²) in [5, 5.41) is 0. The lowest BCUT2D eigenvalue weighted by Gasteiger charge is -2.38. The molecule has 0 amide bonds. The highest BCUT2D eigenvalue weighted by atomic mass is 16.7. The molecule has 5 nitrogen and oxygen atoms in total. The van der Waals surface area contributed by atoms with Crippen LogP contribution in [0.25, 0.3) is 0 Å². The van der Waals surface area contributed by atoms with Gasteiger partial charge in [0, 0.05) is 19.8 Å². The number of carbonyl (C=O) groups excluding carboxylic acids is 1. The number of hydrogen-bond donors (Lipinski definition) is 0. The van der Waals surface area contributed by atoms with Crippen LogP contribution in [-0.2, 0) is 14.2 Å². The van der Waals surface area contributed by atoms with E-state index in [0.717, 1.165) is 11.1 Å². The Morgan fingerprint density at radius 3 is 2.38 bits per heavy atom. The number of carbonyl (C=O) groups is 1. The van der Waals surface area contributed by atoms with Crippen LogP contribution in [0.4, 0.5) is 0 Å². The van der Waals surface area contributed by atoms with Crippen LogP contribution in [0.1, 0.15) is 33.5 Å². The molecule has 3 atom stereocenters. The third-order valence-corrected chi connectivity index (χ3v) is 4.27. The number of ether oxygens (including phenoxy) is 4. The lowest BCUT2D eigenvalue weighted by atomic mass is 9.85. The molecule has 0 spiro atoms. The number of hydrogen-bond acceptors (Lipinski definition) is 5. The third-order valence-electron chi connectivity index (χ3n) is 4.27. The summed E-state index contributed by atoms with van der Waals surface area (Å²) in [6, 6.07) is 15.1. The highest BCUT2D eigenvalue weighted by Crippen LogP contribution is 2.46. The van der Waals surface area contributed by atoms with Crippen LogP contribution in [0.5, 0.6) is 5.75 Å². The van der Waals surface area contributed by atoms with Crippen LogP contribution in [0.3, 0.4) is 0 Å². The van der Waals surface area contributed by atoms with Gasteiger partial charge >= 0.3 is 5.97 Å². The maximum absolute atomic E-state index is 11.8.